The van der Waals surface area contributed by atoms with Crippen molar-refractivity contribution >= 4 is 32.8 Å². The molecule has 0 amide bonds. The molecule has 274 valence electrons. The van der Waals surface area contributed by atoms with E-state index in [0.717, 1.165) is 56.1 Å². The molecule has 5 nitrogen and oxygen atoms in total. The fraction of sp³-hybridized carbons (Fsp3) is 0.250. The van der Waals surface area contributed by atoms with Crippen LogP contribution < -0.4 is 21.7 Å². The van der Waals surface area contributed by atoms with Crippen molar-refractivity contribution in [1.29, 1.82) is 0 Å². The first-order valence-electron chi connectivity index (χ1n) is 18.6. The van der Waals surface area contributed by atoms with Gasteiger partial charge in [-0.3, -0.25) is 4.57 Å². The second-order valence-corrected chi connectivity index (χ2v) is 17.4. The second-order valence-electron chi connectivity index (χ2n) is 17.4. The Balaban J connectivity index is 0.00000450. The molecule has 6 heteroatoms. The van der Waals surface area contributed by atoms with E-state index in [0.29, 0.717) is 0 Å². The van der Waals surface area contributed by atoms with Crippen molar-refractivity contribution in [1.82, 2.24) is 14.1 Å². The summed E-state index contributed by atoms with van der Waals surface area (Å²) >= 11 is 0. The summed E-state index contributed by atoms with van der Waals surface area (Å²) in [6.45, 7) is 20.4. The number of benzene rings is 5. The Bertz CT molecular complexity index is 2630. The topological polar surface area (TPSA) is 35.9 Å². The van der Waals surface area contributed by atoms with Crippen LogP contribution in [-0.2, 0) is 16.2 Å². The molecule has 3 heterocycles. The number of ether oxygens (including phenoxy) is 1. The van der Waals surface area contributed by atoms with E-state index >= 15 is 0 Å². The summed E-state index contributed by atoms with van der Waals surface area (Å²) in [7, 11) is 0. The van der Waals surface area contributed by atoms with Gasteiger partial charge in [-0.25, -0.2) is 4.98 Å². The fourth-order valence-corrected chi connectivity index (χ4v) is 7.24. The summed E-state index contributed by atoms with van der Waals surface area (Å²) in [5, 5.41) is 2.35. The van der Waals surface area contributed by atoms with Crippen LogP contribution in [0, 0.1) is 0 Å². The zero-order chi connectivity index (χ0) is 37.3. The van der Waals surface area contributed by atoms with E-state index in [9.17, 15) is 0 Å². The molecule has 8 rings (SSSR count). The van der Waals surface area contributed by atoms with Crippen molar-refractivity contribution in [3.8, 4) is 28.7 Å². The summed E-state index contributed by atoms with van der Waals surface area (Å²) in [4.78, 5) is 4.85. The molecule has 8 aromatic rings. The number of imidazole rings is 1. The molecule has 5 aromatic carbocycles. The molecule has 0 fully saturated rings. The molecule has 54 heavy (non-hydrogen) atoms. The first kappa shape index (κ1) is 36.9. The molecular weight excluding hydrogens is 684 g/mol. The van der Waals surface area contributed by atoms with Crippen molar-refractivity contribution in [2.45, 2.75) is 78.6 Å². The quantitative estimate of drug-likeness (QED) is 0.166. The summed E-state index contributed by atoms with van der Waals surface area (Å²) in [5.74, 6) is 2.44. The highest BCUT2D eigenvalue weighted by atomic mass is 35.5. The lowest BCUT2D eigenvalue weighted by atomic mass is 9.80. The van der Waals surface area contributed by atoms with E-state index in [2.05, 4.69) is 198 Å². The first-order chi connectivity index (χ1) is 25.1. The van der Waals surface area contributed by atoms with Gasteiger partial charge >= 0.3 is 0 Å². The van der Waals surface area contributed by atoms with Gasteiger partial charge in [0, 0.05) is 29.1 Å². The Morgan fingerprint density at radius 3 is 1.87 bits per heavy atom. The Morgan fingerprint density at radius 2 is 1.17 bits per heavy atom. The van der Waals surface area contributed by atoms with Crippen molar-refractivity contribution in [2.24, 2.45) is 0 Å². The normalized spacial score (nSPS) is 12.4. The highest BCUT2D eigenvalue weighted by Gasteiger charge is 2.25. The Hall–Kier alpha value is -5.39. The molecule has 0 atom stereocenters. The van der Waals surface area contributed by atoms with Gasteiger partial charge < -0.3 is 17.1 Å². The Kier molecular flexibility index (Phi) is 9.22. The summed E-state index contributed by atoms with van der Waals surface area (Å²) in [5.41, 5.74) is 10.6. The smallest absolute Gasteiger partial charge is 0.255 e. The zero-order valence-corrected chi connectivity index (χ0v) is 33.5. The Labute approximate surface area is 325 Å². The molecule has 0 saturated heterocycles. The molecule has 0 spiro atoms. The van der Waals surface area contributed by atoms with Gasteiger partial charge in [-0.1, -0.05) is 105 Å². The number of hydrogen-bond acceptors (Lipinski definition) is 2. The van der Waals surface area contributed by atoms with Gasteiger partial charge in [0.05, 0.1) is 11.0 Å². The van der Waals surface area contributed by atoms with Crippen LogP contribution >= 0.6 is 0 Å². The minimum Gasteiger partial charge on any atom is -1.00 e. The van der Waals surface area contributed by atoms with Crippen LogP contribution in [0.4, 0.5) is 0 Å². The molecule has 3 aromatic heterocycles. The SMILES string of the molecule is CC(C)(C)c1cc(-n2c[n+](-c3cccc(Oc4ccc5c6ccccc6n(-c6cc(C(C)(C)C)ccn6)c5c4)c3)c3ccccc32)cc(C(C)(C)C)c1.[Cl-]. The van der Waals surface area contributed by atoms with Crippen molar-refractivity contribution in [3.05, 3.63) is 151 Å². The van der Waals surface area contributed by atoms with Crippen LogP contribution in [0.25, 0.3) is 50.0 Å². The molecule has 0 N–H and O–H groups in total. The lowest BCUT2D eigenvalue weighted by Gasteiger charge is -2.25. The number of para-hydroxylation sites is 3. The molecule has 0 saturated carbocycles. The van der Waals surface area contributed by atoms with E-state index in [1.54, 1.807) is 0 Å². The lowest BCUT2D eigenvalue weighted by molar-refractivity contribution is -0.567. The average Bonchev–Trinajstić information content (AvgIpc) is 3.67. The van der Waals surface area contributed by atoms with E-state index in [4.69, 9.17) is 9.72 Å². The molecule has 0 aliphatic carbocycles. The van der Waals surface area contributed by atoms with Gasteiger partial charge in [0.2, 0.25) is 0 Å². The number of hydrogen-bond donors (Lipinski definition) is 0. The van der Waals surface area contributed by atoms with Crippen LogP contribution in [0.15, 0.2) is 134 Å². The highest BCUT2D eigenvalue weighted by Crippen LogP contribution is 2.37. The fourth-order valence-electron chi connectivity index (χ4n) is 7.24. The number of halogens is 1. The minimum atomic E-state index is 0. The number of nitrogens with zero attached hydrogens (tertiary/aromatic N) is 4. The van der Waals surface area contributed by atoms with Crippen LogP contribution in [0.2, 0.25) is 0 Å². The molecular formula is C48H49ClN4O. The maximum Gasteiger partial charge on any atom is 0.255 e. The van der Waals surface area contributed by atoms with Gasteiger partial charge in [0.15, 0.2) is 11.0 Å². The molecule has 0 aliphatic heterocycles. The zero-order valence-electron chi connectivity index (χ0n) is 32.8. The van der Waals surface area contributed by atoms with E-state index in [-0.39, 0.29) is 28.7 Å². The van der Waals surface area contributed by atoms with Crippen LogP contribution in [0.5, 0.6) is 11.5 Å². The van der Waals surface area contributed by atoms with Crippen molar-refractivity contribution < 1.29 is 21.7 Å². The minimum absolute atomic E-state index is 0. The number of fused-ring (bicyclic) bond motifs is 4. The predicted molar refractivity (Wildman–Crippen MR) is 220 cm³/mol. The van der Waals surface area contributed by atoms with Crippen LogP contribution in [0.1, 0.15) is 79.0 Å². The standard InChI is InChI=1S/C48H49N4O.ClH/c1-46(2,3)32-23-24-49-45(28-32)52-41-18-11-10-17-39(41)40-22-21-38(30-44(40)52)53-37-16-14-15-35(29-37)50-31-51(43-20-13-12-19-42(43)50)36-26-33(47(4,5)6)25-34(27-36)48(7,8)9;/h10-31H,1-9H3;1H/q+1;/p-1. The molecule has 0 bridgehead atoms. The maximum absolute atomic E-state index is 6.67. The van der Waals surface area contributed by atoms with E-state index in [1.165, 1.54) is 22.1 Å². The number of rotatable bonds is 5. The number of pyridine rings is 1. The van der Waals surface area contributed by atoms with Gasteiger partial charge in [0.1, 0.15) is 28.7 Å². The van der Waals surface area contributed by atoms with E-state index < -0.39 is 0 Å². The predicted octanol–water partition coefficient (Wildman–Crippen LogP) is 9.09. The first-order valence-corrected chi connectivity index (χ1v) is 18.6. The summed E-state index contributed by atoms with van der Waals surface area (Å²) in [6, 6.07) is 43.3. The van der Waals surface area contributed by atoms with Gasteiger partial charge in [0.25, 0.3) is 6.33 Å². The van der Waals surface area contributed by atoms with Gasteiger partial charge in [-0.05, 0) is 99.7 Å². The van der Waals surface area contributed by atoms with Gasteiger partial charge in [-0.15, -0.1) is 0 Å². The maximum atomic E-state index is 6.67. The van der Waals surface area contributed by atoms with Crippen LogP contribution in [0.3, 0.4) is 0 Å². The third kappa shape index (κ3) is 6.78. The Morgan fingerprint density at radius 1 is 0.537 bits per heavy atom. The summed E-state index contributed by atoms with van der Waals surface area (Å²) in [6.07, 6.45) is 4.13. The van der Waals surface area contributed by atoms with Crippen molar-refractivity contribution in [2.75, 3.05) is 0 Å². The largest absolute Gasteiger partial charge is 1.00 e. The summed E-state index contributed by atoms with van der Waals surface area (Å²) < 4.78 is 13.5. The number of aromatic nitrogens is 4. The third-order valence-corrected chi connectivity index (χ3v) is 10.4. The monoisotopic (exact) mass is 732 g/mol. The van der Waals surface area contributed by atoms with Crippen molar-refractivity contribution in [3.63, 3.8) is 0 Å². The molecule has 0 radical (unpaired) electrons. The second kappa shape index (κ2) is 13.5. The lowest BCUT2D eigenvalue weighted by Crippen LogP contribution is -3.00. The van der Waals surface area contributed by atoms with E-state index in [1.807, 2.05) is 12.3 Å². The van der Waals surface area contributed by atoms with Crippen LogP contribution in [-0.4, -0.2) is 14.1 Å². The average molecular weight is 733 g/mol. The molecule has 0 unspecified atom stereocenters. The highest BCUT2D eigenvalue weighted by molar-refractivity contribution is 6.09. The third-order valence-electron chi connectivity index (χ3n) is 10.4. The molecule has 0 aliphatic rings. The van der Waals surface area contributed by atoms with Gasteiger partial charge in [-0.2, -0.15) is 9.13 Å².